The molecule has 1 saturated carbocycles. The molecule has 1 saturated heterocycles. The lowest BCUT2D eigenvalue weighted by molar-refractivity contribution is -0.224. The van der Waals surface area contributed by atoms with Gasteiger partial charge in [0.25, 0.3) is 0 Å². The van der Waals surface area contributed by atoms with Crippen molar-refractivity contribution >= 4 is 12.0 Å². The molecule has 34 heavy (non-hydrogen) atoms. The van der Waals surface area contributed by atoms with Crippen LogP contribution in [0.5, 0.6) is 11.5 Å². The molecule has 7 heteroatoms. The third-order valence-corrected chi connectivity index (χ3v) is 9.22. The summed E-state index contributed by atoms with van der Waals surface area (Å²) in [6, 6.07) is 5.24. The lowest BCUT2D eigenvalue weighted by Gasteiger charge is -2.66. The molecule has 1 amide bonds. The average molecular weight is 465 g/mol. The molecule has 0 radical (unpaired) electrons. The van der Waals surface area contributed by atoms with Crippen LogP contribution in [-0.2, 0) is 16.6 Å². The highest BCUT2D eigenvalue weighted by atomic mass is 16.5. The van der Waals surface area contributed by atoms with Gasteiger partial charge in [0.15, 0.2) is 11.5 Å². The number of phenols is 1. The summed E-state index contributed by atoms with van der Waals surface area (Å²) >= 11 is 0. The summed E-state index contributed by atoms with van der Waals surface area (Å²) in [6.07, 6.45) is 8.98. The summed E-state index contributed by atoms with van der Waals surface area (Å²) in [7, 11) is 3.92. The van der Waals surface area contributed by atoms with Crippen LogP contribution in [0.1, 0.15) is 42.9 Å². The predicted octanol–water partition coefficient (Wildman–Crippen LogP) is 2.95. The van der Waals surface area contributed by atoms with Crippen LogP contribution in [0, 0.1) is 5.92 Å². The van der Waals surface area contributed by atoms with Crippen molar-refractivity contribution in [3.05, 3.63) is 53.5 Å². The van der Waals surface area contributed by atoms with Crippen LogP contribution in [0.15, 0.2) is 41.2 Å². The number of amides is 1. The summed E-state index contributed by atoms with van der Waals surface area (Å²) in [5, 5.41) is 23.4. The zero-order chi connectivity index (χ0) is 23.8. The second kappa shape index (κ2) is 7.36. The Morgan fingerprint density at radius 2 is 2.18 bits per heavy atom. The van der Waals surface area contributed by atoms with Crippen LogP contribution >= 0.6 is 0 Å². The number of likely N-dealkylation sites (N-methyl/N-ethyl adjacent to an activating group) is 2. The SMILES string of the molecule is CCC1CC(N(C)C(=O)/C=C/c2ccoc2)C2Oc3c(O)ccc4c3[C@@]23CCN(C)[C@H](C4)[C@]13O. The lowest BCUT2D eigenvalue weighted by atomic mass is 9.45. The Bertz CT molecular complexity index is 1160. The first-order valence-electron chi connectivity index (χ1n) is 12.2. The van der Waals surface area contributed by atoms with Gasteiger partial charge in [-0.15, -0.1) is 0 Å². The number of likely N-dealkylation sites (tertiary alicyclic amines) is 1. The van der Waals surface area contributed by atoms with Crippen molar-refractivity contribution in [3.63, 3.8) is 0 Å². The van der Waals surface area contributed by atoms with E-state index in [2.05, 4.69) is 18.9 Å². The van der Waals surface area contributed by atoms with E-state index in [0.29, 0.717) is 12.2 Å². The molecule has 6 rings (SSSR count). The van der Waals surface area contributed by atoms with Crippen LogP contribution in [0.4, 0.5) is 0 Å². The Morgan fingerprint density at radius 3 is 2.91 bits per heavy atom. The van der Waals surface area contributed by atoms with Crippen LogP contribution in [0.3, 0.4) is 0 Å². The Kier molecular flexibility index (Phi) is 4.71. The summed E-state index contributed by atoms with van der Waals surface area (Å²) in [5.74, 6) is 0.496. The molecular formula is C27H32N2O5. The molecule has 2 N–H and O–H groups in total. The van der Waals surface area contributed by atoms with Gasteiger partial charge in [0.2, 0.25) is 5.91 Å². The van der Waals surface area contributed by atoms with E-state index in [1.54, 1.807) is 41.7 Å². The maximum Gasteiger partial charge on any atom is 0.246 e. The second-order valence-corrected chi connectivity index (χ2v) is 10.5. The minimum atomic E-state index is -0.988. The van der Waals surface area contributed by atoms with Gasteiger partial charge in [-0.1, -0.05) is 19.4 Å². The highest BCUT2D eigenvalue weighted by molar-refractivity contribution is 5.92. The minimum absolute atomic E-state index is 0.000322. The van der Waals surface area contributed by atoms with Crippen molar-refractivity contribution in [1.29, 1.82) is 0 Å². The first-order valence-corrected chi connectivity index (χ1v) is 12.2. The fourth-order valence-electron chi connectivity index (χ4n) is 7.61. The van der Waals surface area contributed by atoms with Gasteiger partial charge in [0, 0.05) is 30.3 Å². The van der Waals surface area contributed by atoms with Crippen LogP contribution in [-0.4, -0.2) is 70.3 Å². The number of carbonyl (C=O) groups excluding carboxylic acids is 1. The van der Waals surface area contributed by atoms with E-state index in [-0.39, 0.29) is 29.7 Å². The van der Waals surface area contributed by atoms with Gasteiger partial charge in [-0.05, 0) is 62.5 Å². The standard InChI is InChI=1S/C27H32N2O5/c1-4-18-14-19(29(3)22(31)8-5-16-9-12-33-15-16)25-26-10-11-28(2)21(27(18,26)32)13-17-6-7-20(30)24(34-25)23(17)26/h5-9,12,15,18-19,21,25,30,32H,4,10-11,13-14H2,1-3H3/b8-5+/t18?,19?,21-,25?,26+,27-/m1/s1. The number of piperidine rings is 1. The number of ether oxygens (including phenoxy) is 1. The topological polar surface area (TPSA) is 86.4 Å². The number of furan rings is 1. The molecule has 180 valence electrons. The van der Waals surface area contributed by atoms with Gasteiger partial charge in [0.1, 0.15) is 6.10 Å². The van der Waals surface area contributed by atoms with Crippen LogP contribution < -0.4 is 4.74 Å². The molecule has 1 aromatic heterocycles. The van der Waals surface area contributed by atoms with Gasteiger partial charge in [-0.3, -0.25) is 4.79 Å². The van der Waals surface area contributed by atoms with E-state index in [4.69, 9.17) is 9.15 Å². The maximum absolute atomic E-state index is 13.3. The first-order chi connectivity index (χ1) is 16.3. The minimum Gasteiger partial charge on any atom is -0.504 e. The highest BCUT2D eigenvalue weighted by Crippen LogP contribution is 2.67. The third-order valence-electron chi connectivity index (χ3n) is 9.22. The van der Waals surface area contributed by atoms with E-state index in [0.717, 1.165) is 42.5 Å². The monoisotopic (exact) mass is 464 g/mol. The number of rotatable bonds is 4. The lowest BCUT2D eigenvalue weighted by Crippen LogP contribution is -2.80. The fourth-order valence-corrected chi connectivity index (χ4v) is 7.61. The number of phenolic OH excluding ortho intramolecular Hbond substituents is 1. The Labute approximate surface area is 199 Å². The number of aromatic hydroxyl groups is 1. The van der Waals surface area contributed by atoms with Gasteiger partial charge >= 0.3 is 0 Å². The van der Waals surface area contributed by atoms with Crippen molar-refractivity contribution in [2.45, 2.75) is 61.8 Å². The van der Waals surface area contributed by atoms with E-state index in [1.165, 1.54) is 0 Å². The Balaban J connectivity index is 1.47. The summed E-state index contributed by atoms with van der Waals surface area (Å²) in [5.41, 5.74) is 1.30. The van der Waals surface area contributed by atoms with Gasteiger partial charge < -0.3 is 29.2 Å². The van der Waals surface area contributed by atoms with Crippen LogP contribution in [0.25, 0.3) is 6.08 Å². The van der Waals surface area contributed by atoms with E-state index < -0.39 is 17.1 Å². The zero-order valence-electron chi connectivity index (χ0n) is 19.9. The van der Waals surface area contributed by atoms with Crippen molar-refractivity contribution in [2.24, 2.45) is 5.92 Å². The quantitative estimate of drug-likeness (QED) is 0.677. The zero-order valence-corrected chi connectivity index (χ0v) is 19.9. The van der Waals surface area contributed by atoms with Crippen molar-refractivity contribution in [2.75, 3.05) is 20.6 Å². The third kappa shape index (κ3) is 2.57. The van der Waals surface area contributed by atoms with Crippen LogP contribution in [0.2, 0.25) is 0 Å². The van der Waals surface area contributed by atoms with Gasteiger partial charge in [0.05, 0.1) is 29.6 Å². The molecule has 7 nitrogen and oxygen atoms in total. The molecule has 3 unspecified atom stereocenters. The van der Waals surface area contributed by atoms with Crippen molar-refractivity contribution in [3.8, 4) is 11.5 Å². The summed E-state index contributed by atoms with van der Waals surface area (Å²) in [6.45, 7) is 2.96. The molecule has 2 fully saturated rings. The summed E-state index contributed by atoms with van der Waals surface area (Å²) in [4.78, 5) is 17.3. The van der Waals surface area contributed by atoms with Gasteiger partial charge in [-0.25, -0.2) is 0 Å². The molecule has 2 aromatic rings. The number of carbonyl (C=O) groups is 1. The molecule has 4 aliphatic rings. The van der Waals surface area contributed by atoms with E-state index in [1.807, 2.05) is 13.1 Å². The average Bonchev–Trinajstić information content (AvgIpc) is 3.47. The van der Waals surface area contributed by atoms with E-state index >= 15 is 0 Å². The number of hydrogen-bond acceptors (Lipinski definition) is 6. The molecule has 2 aliphatic carbocycles. The van der Waals surface area contributed by atoms with Gasteiger partial charge in [-0.2, -0.15) is 0 Å². The highest BCUT2D eigenvalue weighted by Gasteiger charge is 2.75. The number of nitrogens with zero attached hydrogens (tertiary/aromatic N) is 2. The number of aliphatic hydroxyl groups is 1. The second-order valence-electron chi connectivity index (χ2n) is 10.5. The molecule has 2 aliphatic heterocycles. The first kappa shape index (κ1) is 21.7. The predicted molar refractivity (Wildman–Crippen MR) is 127 cm³/mol. The fraction of sp³-hybridized carbons (Fsp3) is 0.519. The van der Waals surface area contributed by atoms with Crippen molar-refractivity contribution < 1.29 is 24.2 Å². The molecule has 1 aromatic carbocycles. The molecule has 3 heterocycles. The Hall–Kier alpha value is -2.77. The molecular weight excluding hydrogens is 432 g/mol. The molecule has 2 bridgehead atoms. The summed E-state index contributed by atoms with van der Waals surface area (Å²) < 4.78 is 11.7. The molecule has 6 atom stereocenters. The maximum atomic E-state index is 13.3. The van der Waals surface area contributed by atoms with E-state index in [9.17, 15) is 15.0 Å². The molecule has 1 spiro atoms. The number of benzene rings is 1. The normalized spacial score (nSPS) is 35.8. The number of hydrogen-bond donors (Lipinski definition) is 2. The smallest absolute Gasteiger partial charge is 0.246 e. The largest absolute Gasteiger partial charge is 0.504 e. The van der Waals surface area contributed by atoms with Crippen molar-refractivity contribution in [1.82, 2.24) is 9.80 Å². The Morgan fingerprint density at radius 1 is 1.35 bits per heavy atom.